The molecule has 2 aromatic rings. The third-order valence-electron chi connectivity index (χ3n) is 7.44. The summed E-state index contributed by atoms with van der Waals surface area (Å²) in [5.74, 6) is -1.04. The molecule has 1 spiro atoms. The van der Waals surface area contributed by atoms with Crippen molar-refractivity contribution in [2.45, 2.75) is 55.6 Å². The molecule has 0 aromatic heterocycles. The van der Waals surface area contributed by atoms with Crippen molar-refractivity contribution in [1.82, 2.24) is 4.31 Å². The summed E-state index contributed by atoms with van der Waals surface area (Å²) in [5, 5.41) is 0. The van der Waals surface area contributed by atoms with Gasteiger partial charge in [-0.05, 0) is 61.2 Å². The number of hydrogen-bond acceptors (Lipinski definition) is 7. The third kappa shape index (κ3) is 5.16. The SMILES string of the molecule is CCC(C(=O)Oc1ccc(S(=O)(=O)N2CCC3(CC2)OCCO3)cc1)c1ccc(N2CCCC2)cc1. The lowest BCUT2D eigenvalue weighted by atomic mass is 9.96. The van der Waals surface area contributed by atoms with Gasteiger partial charge >= 0.3 is 5.97 Å². The fourth-order valence-electron chi connectivity index (χ4n) is 5.30. The Morgan fingerprint density at radius 3 is 2.14 bits per heavy atom. The van der Waals surface area contributed by atoms with Crippen molar-refractivity contribution in [3.8, 4) is 5.75 Å². The van der Waals surface area contributed by atoms with E-state index < -0.39 is 15.8 Å². The Labute approximate surface area is 213 Å². The number of esters is 1. The molecular weight excluding hydrogens is 480 g/mol. The predicted molar refractivity (Wildman–Crippen MR) is 136 cm³/mol. The minimum absolute atomic E-state index is 0.177. The van der Waals surface area contributed by atoms with Crippen molar-refractivity contribution in [3.63, 3.8) is 0 Å². The molecule has 3 aliphatic heterocycles. The van der Waals surface area contributed by atoms with Gasteiger partial charge in [-0.25, -0.2) is 8.42 Å². The summed E-state index contributed by atoms with van der Waals surface area (Å²) < 4.78 is 44.7. The van der Waals surface area contributed by atoms with E-state index in [-0.39, 0.29) is 16.8 Å². The minimum Gasteiger partial charge on any atom is -0.426 e. The lowest BCUT2D eigenvalue weighted by Crippen LogP contribution is -2.47. The lowest BCUT2D eigenvalue weighted by molar-refractivity contribution is -0.179. The minimum atomic E-state index is -3.65. The van der Waals surface area contributed by atoms with Crippen LogP contribution in [-0.4, -0.2) is 63.9 Å². The highest BCUT2D eigenvalue weighted by Gasteiger charge is 2.42. The molecule has 194 valence electrons. The van der Waals surface area contributed by atoms with Crippen LogP contribution in [0.3, 0.4) is 0 Å². The van der Waals surface area contributed by atoms with E-state index in [9.17, 15) is 13.2 Å². The maximum absolute atomic E-state index is 13.1. The van der Waals surface area contributed by atoms with Crippen LogP contribution in [0, 0.1) is 0 Å². The van der Waals surface area contributed by atoms with Crippen LogP contribution in [0.15, 0.2) is 53.4 Å². The highest BCUT2D eigenvalue weighted by molar-refractivity contribution is 7.89. The van der Waals surface area contributed by atoms with Crippen LogP contribution in [0.5, 0.6) is 5.75 Å². The summed E-state index contributed by atoms with van der Waals surface area (Å²) in [6.45, 7) is 5.89. The van der Waals surface area contributed by atoms with Gasteiger partial charge in [0, 0.05) is 44.7 Å². The van der Waals surface area contributed by atoms with Gasteiger partial charge in [0.2, 0.25) is 10.0 Å². The van der Waals surface area contributed by atoms with Crippen LogP contribution < -0.4 is 9.64 Å². The summed E-state index contributed by atoms with van der Waals surface area (Å²) >= 11 is 0. The van der Waals surface area contributed by atoms with Crippen molar-refractivity contribution >= 4 is 21.7 Å². The van der Waals surface area contributed by atoms with E-state index in [4.69, 9.17) is 14.2 Å². The second-order valence-corrected chi connectivity index (χ2v) is 11.6. The van der Waals surface area contributed by atoms with Crippen LogP contribution in [0.2, 0.25) is 0 Å². The van der Waals surface area contributed by atoms with Crippen LogP contribution in [0.25, 0.3) is 0 Å². The summed E-state index contributed by atoms with van der Waals surface area (Å²) in [6.07, 6.45) is 4.07. The zero-order valence-electron chi connectivity index (χ0n) is 20.7. The van der Waals surface area contributed by atoms with Crippen LogP contribution in [-0.2, 0) is 24.3 Å². The molecule has 0 radical (unpaired) electrons. The molecule has 2 aromatic carbocycles. The molecule has 3 aliphatic rings. The van der Waals surface area contributed by atoms with Crippen LogP contribution >= 0.6 is 0 Å². The zero-order chi connectivity index (χ0) is 25.2. The second kappa shape index (κ2) is 10.5. The largest absolute Gasteiger partial charge is 0.426 e. The standard InChI is InChI=1S/C27H34N2O6S/c1-2-25(21-5-7-22(8-6-21)28-15-3-4-16-28)26(30)35-23-9-11-24(12-10-23)36(31,32)29-17-13-27(14-18-29)33-19-20-34-27/h5-12,25H,2-4,13-20H2,1H3. The van der Waals surface area contributed by atoms with E-state index in [2.05, 4.69) is 17.0 Å². The maximum atomic E-state index is 13.1. The van der Waals surface area contributed by atoms with E-state index in [1.165, 1.54) is 35.0 Å². The Bertz CT molecular complexity index is 1140. The highest BCUT2D eigenvalue weighted by Crippen LogP contribution is 2.34. The van der Waals surface area contributed by atoms with Gasteiger partial charge in [-0.1, -0.05) is 19.1 Å². The lowest BCUT2D eigenvalue weighted by Gasteiger charge is -2.36. The first kappa shape index (κ1) is 25.2. The molecule has 0 saturated carbocycles. The predicted octanol–water partition coefficient (Wildman–Crippen LogP) is 3.91. The number of anilines is 1. The molecule has 3 saturated heterocycles. The third-order valence-corrected chi connectivity index (χ3v) is 9.35. The van der Waals surface area contributed by atoms with Gasteiger partial charge in [0.25, 0.3) is 0 Å². The van der Waals surface area contributed by atoms with Gasteiger partial charge in [0.15, 0.2) is 5.79 Å². The normalized spacial score (nSPS) is 21.1. The van der Waals surface area contributed by atoms with Gasteiger partial charge in [0.1, 0.15) is 5.75 Å². The molecule has 0 aliphatic carbocycles. The fourth-order valence-corrected chi connectivity index (χ4v) is 6.74. The molecule has 8 nitrogen and oxygen atoms in total. The summed E-state index contributed by atoms with van der Waals surface area (Å²) in [4.78, 5) is 15.5. The molecule has 0 N–H and O–H groups in total. The van der Waals surface area contributed by atoms with Gasteiger partial charge in [-0.15, -0.1) is 0 Å². The number of ether oxygens (including phenoxy) is 3. The molecule has 3 fully saturated rings. The molecule has 5 rings (SSSR count). The smallest absolute Gasteiger partial charge is 0.318 e. The first-order chi connectivity index (χ1) is 17.4. The van der Waals surface area contributed by atoms with Crippen molar-refractivity contribution in [2.24, 2.45) is 0 Å². The molecule has 1 unspecified atom stereocenters. The summed E-state index contributed by atoms with van der Waals surface area (Å²) in [5.41, 5.74) is 2.10. The monoisotopic (exact) mass is 514 g/mol. The number of sulfonamides is 1. The zero-order valence-corrected chi connectivity index (χ0v) is 21.5. The average molecular weight is 515 g/mol. The number of hydrogen-bond donors (Lipinski definition) is 0. The Hall–Kier alpha value is -2.46. The molecule has 36 heavy (non-hydrogen) atoms. The number of carbonyl (C=O) groups is 1. The number of piperidine rings is 1. The first-order valence-corrected chi connectivity index (χ1v) is 14.3. The average Bonchev–Trinajstić information content (AvgIpc) is 3.59. The molecule has 0 bridgehead atoms. The van der Waals surface area contributed by atoms with Crippen molar-refractivity contribution in [1.29, 1.82) is 0 Å². The second-order valence-electron chi connectivity index (χ2n) is 9.65. The summed E-state index contributed by atoms with van der Waals surface area (Å²) in [7, 11) is -3.65. The fraction of sp³-hybridized carbons (Fsp3) is 0.519. The molecule has 1 atom stereocenters. The van der Waals surface area contributed by atoms with Gasteiger partial charge in [0.05, 0.1) is 24.0 Å². The van der Waals surface area contributed by atoms with Gasteiger partial charge < -0.3 is 19.1 Å². The highest BCUT2D eigenvalue weighted by atomic mass is 32.2. The van der Waals surface area contributed by atoms with Gasteiger partial charge in [-0.3, -0.25) is 4.79 Å². The van der Waals surface area contributed by atoms with Gasteiger partial charge in [-0.2, -0.15) is 4.31 Å². The van der Waals surface area contributed by atoms with E-state index in [1.54, 1.807) is 12.1 Å². The van der Waals surface area contributed by atoms with Crippen LogP contribution in [0.4, 0.5) is 5.69 Å². The van der Waals surface area contributed by atoms with Crippen molar-refractivity contribution in [2.75, 3.05) is 44.3 Å². The maximum Gasteiger partial charge on any atom is 0.318 e. The molecule has 0 amide bonds. The quantitative estimate of drug-likeness (QED) is 0.409. The molecular formula is C27H34N2O6S. The van der Waals surface area contributed by atoms with Crippen LogP contribution in [0.1, 0.15) is 50.5 Å². The first-order valence-electron chi connectivity index (χ1n) is 12.8. The number of carbonyl (C=O) groups excluding carboxylic acids is 1. The number of nitrogens with zero attached hydrogens (tertiary/aromatic N) is 2. The Balaban J connectivity index is 1.21. The Kier molecular flexibility index (Phi) is 7.35. The topological polar surface area (TPSA) is 85.4 Å². The van der Waals surface area contributed by atoms with E-state index in [0.717, 1.165) is 18.7 Å². The van der Waals surface area contributed by atoms with E-state index >= 15 is 0 Å². The number of rotatable bonds is 7. The molecule has 9 heteroatoms. The molecule has 3 heterocycles. The Morgan fingerprint density at radius 1 is 0.944 bits per heavy atom. The Morgan fingerprint density at radius 2 is 1.56 bits per heavy atom. The van der Waals surface area contributed by atoms with E-state index in [0.29, 0.717) is 51.3 Å². The van der Waals surface area contributed by atoms with Crippen molar-refractivity contribution in [3.05, 3.63) is 54.1 Å². The van der Waals surface area contributed by atoms with Crippen molar-refractivity contribution < 1.29 is 27.4 Å². The van der Waals surface area contributed by atoms with E-state index in [1.807, 2.05) is 19.1 Å². The number of benzene rings is 2. The summed E-state index contributed by atoms with van der Waals surface area (Å²) in [6, 6.07) is 14.2.